The second-order valence-corrected chi connectivity index (χ2v) is 5.88. The molecule has 0 saturated carbocycles. The average Bonchev–Trinajstić information content (AvgIpc) is 2.55. The molecule has 0 atom stereocenters. The Morgan fingerprint density at radius 2 is 2.00 bits per heavy atom. The lowest BCUT2D eigenvalue weighted by Crippen LogP contribution is -2.02. The summed E-state index contributed by atoms with van der Waals surface area (Å²) in [5.41, 5.74) is 1.53. The number of nitro benzene ring substituents is 1. The molecule has 24 heavy (non-hydrogen) atoms. The molecular weight excluding hydrogens is 427 g/mol. The van der Waals surface area contributed by atoms with Crippen molar-refractivity contribution in [3.8, 4) is 11.5 Å². The zero-order valence-corrected chi connectivity index (χ0v) is 15.0. The molecule has 0 unspecified atom stereocenters. The number of ether oxygens (including phenoxy) is 2. The normalized spacial score (nSPS) is 10.8. The lowest BCUT2D eigenvalue weighted by atomic mass is 10.2. The van der Waals surface area contributed by atoms with Gasteiger partial charge in [0.1, 0.15) is 6.61 Å². The molecule has 2 rings (SSSR count). The summed E-state index contributed by atoms with van der Waals surface area (Å²) in [6.07, 6.45) is 1.31. The van der Waals surface area contributed by atoms with Crippen LogP contribution in [0.1, 0.15) is 18.1 Å². The summed E-state index contributed by atoms with van der Waals surface area (Å²) in [5.74, 6) is 1.12. The number of nitrogens with zero attached hydrogens (tertiary/aromatic N) is 2. The van der Waals surface area contributed by atoms with Crippen LogP contribution >= 0.6 is 22.6 Å². The van der Waals surface area contributed by atoms with Gasteiger partial charge in [-0.25, -0.2) is 0 Å². The molecule has 0 spiro atoms. The summed E-state index contributed by atoms with van der Waals surface area (Å²) in [7, 11) is 0. The molecule has 2 aromatic carbocycles. The summed E-state index contributed by atoms with van der Waals surface area (Å²) in [6.45, 7) is 2.57. The SMILES string of the molecule is CCOc1cc(C=NO)cc(I)c1OCc1ccc([N+](=O)[O-])cc1. The van der Waals surface area contributed by atoms with Gasteiger partial charge in [-0.3, -0.25) is 10.1 Å². The zero-order valence-electron chi connectivity index (χ0n) is 12.8. The van der Waals surface area contributed by atoms with Crippen LogP contribution in [0.25, 0.3) is 0 Å². The molecule has 7 nitrogen and oxygen atoms in total. The molecule has 0 radical (unpaired) electrons. The fourth-order valence-corrected chi connectivity index (χ4v) is 2.78. The highest BCUT2D eigenvalue weighted by Gasteiger charge is 2.12. The molecule has 0 bridgehead atoms. The van der Waals surface area contributed by atoms with Gasteiger partial charge >= 0.3 is 0 Å². The predicted molar refractivity (Wildman–Crippen MR) is 97.1 cm³/mol. The van der Waals surface area contributed by atoms with E-state index in [2.05, 4.69) is 27.7 Å². The van der Waals surface area contributed by atoms with Crippen LogP contribution in [-0.2, 0) is 6.61 Å². The van der Waals surface area contributed by atoms with Gasteiger partial charge in [-0.2, -0.15) is 0 Å². The highest BCUT2D eigenvalue weighted by atomic mass is 127. The van der Waals surface area contributed by atoms with Crippen molar-refractivity contribution >= 4 is 34.5 Å². The quantitative estimate of drug-likeness (QED) is 0.230. The Morgan fingerprint density at radius 3 is 2.58 bits per heavy atom. The second-order valence-electron chi connectivity index (χ2n) is 4.72. The Bertz CT molecular complexity index is 747. The van der Waals surface area contributed by atoms with Crippen LogP contribution in [0.2, 0.25) is 0 Å². The number of hydrogen-bond acceptors (Lipinski definition) is 6. The fraction of sp³-hybridized carbons (Fsp3) is 0.188. The van der Waals surface area contributed by atoms with Gasteiger partial charge in [-0.1, -0.05) is 5.16 Å². The molecule has 2 aromatic rings. The molecule has 0 amide bonds. The minimum Gasteiger partial charge on any atom is -0.490 e. The summed E-state index contributed by atoms with van der Waals surface area (Å²) in [6, 6.07) is 9.70. The molecule has 1 N–H and O–H groups in total. The number of halogens is 1. The first-order valence-corrected chi connectivity index (χ1v) is 8.13. The maximum atomic E-state index is 10.7. The summed E-state index contributed by atoms with van der Waals surface area (Å²) in [4.78, 5) is 10.2. The van der Waals surface area contributed by atoms with Crippen molar-refractivity contribution in [1.82, 2.24) is 0 Å². The highest BCUT2D eigenvalue weighted by Crippen LogP contribution is 2.34. The summed E-state index contributed by atoms with van der Waals surface area (Å²) in [5, 5.41) is 22.3. The van der Waals surface area contributed by atoms with Crippen LogP contribution in [0, 0.1) is 13.7 Å². The minimum atomic E-state index is -0.442. The minimum absolute atomic E-state index is 0.0379. The van der Waals surface area contributed by atoms with Gasteiger partial charge in [-0.05, 0) is 59.3 Å². The van der Waals surface area contributed by atoms with Crippen molar-refractivity contribution in [2.75, 3.05) is 6.61 Å². The van der Waals surface area contributed by atoms with Gasteiger partial charge in [0.15, 0.2) is 11.5 Å². The van der Waals surface area contributed by atoms with E-state index in [0.29, 0.717) is 23.7 Å². The number of nitro groups is 1. The average molecular weight is 442 g/mol. The van der Waals surface area contributed by atoms with E-state index in [9.17, 15) is 10.1 Å². The van der Waals surface area contributed by atoms with E-state index in [0.717, 1.165) is 9.13 Å². The van der Waals surface area contributed by atoms with E-state index in [1.807, 2.05) is 6.92 Å². The van der Waals surface area contributed by atoms with Crippen molar-refractivity contribution < 1.29 is 19.6 Å². The van der Waals surface area contributed by atoms with Crippen LogP contribution in [0.3, 0.4) is 0 Å². The molecule has 0 aliphatic rings. The third kappa shape index (κ3) is 4.57. The van der Waals surface area contributed by atoms with Gasteiger partial charge in [0, 0.05) is 17.7 Å². The molecule has 0 aromatic heterocycles. The monoisotopic (exact) mass is 442 g/mol. The van der Waals surface area contributed by atoms with Gasteiger partial charge in [0.05, 0.1) is 21.3 Å². The Morgan fingerprint density at radius 1 is 1.29 bits per heavy atom. The Labute approximate surface area is 152 Å². The predicted octanol–water partition coefficient (Wildman–Crippen LogP) is 3.99. The third-order valence-electron chi connectivity index (χ3n) is 3.07. The lowest BCUT2D eigenvalue weighted by molar-refractivity contribution is -0.384. The zero-order chi connectivity index (χ0) is 17.5. The van der Waals surface area contributed by atoms with Crippen molar-refractivity contribution in [3.63, 3.8) is 0 Å². The van der Waals surface area contributed by atoms with Crippen LogP contribution < -0.4 is 9.47 Å². The van der Waals surface area contributed by atoms with E-state index >= 15 is 0 Å². The van der Waals surface area contributed by atoms with Gasteiger partial charge in [-0.15, -0.1) is 0 Å². The molecule has 0 aliphatic carbocycles. The Hall–Kier alpha value is -2.36. The van der Waals surface area contributed by atoms with E-state index in [1.165, 1.54) is 18.3 Å². The van der Waals surface area contributed by atoms with Gasteiger partial charge in [0.2, 0.25) is 0 Å². The number of rotatable bonds is 7. The van der Waals surface area contributed by atoms with Crippen LogP contribution in [-0.4, -0.2) is 23.0 Å². The smallest absolute Gasteiger partial charge is 0.269 e. The number of benzene rings is 2. The fourth-order valence-electron chi connectivity index (χ4n) is 2.00. The molecule has 0 aliphatic heterocycles. The molecule has 126 valence electrons. The maximum Gasteiger partial charge on any atom is 0.269 e. The van der Waals surface area contributed by atoms with Crippen LogP contribution in [0.15, 0.2) is 41.6 Å². The summed E-state index contributed by atoms with van der Waals surface area (Å²) >= 11 is 2.11. The van der Waals surface area contributed by atoms with Crippen LogP contribution in [0.4, 0.5) is 5.69 Å². The van der Waals surface area contributed by atoms with E-state index in [4.69, 9.17) is 14.7 Å². The van der Waals surface area contributed by atoms with E-state index < -0.39 is 4.92 Å². The molecule has 0 saturated heterocycles. The molecular formula is C16H15IN2O5. The lowest BCUT2D eigenvalue weighted by Gasteiger charge is -2.14. The van der Waals surface area contributed by atoms with Crippen molar-refractivity contribution in [2.45, 2.75) is 13.5 Å². The first-order valence-electron chi connectivity index (χ1n) is 7.05. The molecule has 0 fully saturated rings. The van der Waals surface area contributed by atoms with E-state index in [1.54, 1.807) is 24.3 Å². The first kappa shape index (κ1) is 18.0. The van der Waals surface area contributed by atoms with Crippen molar-refractivity contribution in [1.29, 1.82) is 0 Å². The van der Waals surface area contributed by atoms with Gasteiger partial charge < -0.3 is 14.7 Å². The first-order chi connectivity index (χ1) is 11.5. The number of non-ortho nitro benzene ring substituents is 1. The Kier molecular flexibility index (Phi) is 6.36. The number of hydrogen-bond donors (Lipinski definition) is 1. The maximum absolute atomic E-state index is 10.7. The van der Waals surface area contributed by atoms with Crippen LogP contribution in [0.5, 0.6) is 11.5 Å². The van der Waals surface area contributed by atoms with Crippen molar-refractivity contribution in [2.24, 2.45) is 5.16 Å². The molecule has 8 heteroatoms. The third-order valence-corrected chi connectivity index (χ3v) is 3.87. The largest absolute Gasteiger partial charge is 0.490 e. The van der Waals surface area contributed by atoms with Gasteiger partial charge in [0.25, 0.3) is 5.69 Å². The van der Waals surface area contributed by atoms with E-state index in [-0.39, 0.29) is 12.3 Å². The topological polar surface area (TPSA) is 94.2 Å². The highest BCUT2D eigenvalue weighted by molar-refractivity contribution is 14.1. The Balaban J connectivity index is 2.20. The molecule has 0 heterocycles. The van der Waals surface area contributed by atoms with Crippen molar-refractivity contribution in [3.05, 3.63) is 61.2 Å². The summed E-state index contributed by atoms with van der Waals surface area (Å²) < 4.78 is 12.2. The number of oxime groups is 1. The standard InChI is InChI=1S/C16H15IN2O5/c1-2-23-15-8-12(9-18-20)7-14(17)16(15)24-10-11-3-5-13(6-4-11)19(21)22/h3-9,20H,2,10H2,1H3. The second kappa shape index (κ2) is 8.48.